The average molecular weight is 317 g/mol. The first kappa shape index (κ1) is 15.8. The third kappa shape index (κ3) is 3.45. The standard InChI is InChI=1S/C17H20FN3O2/c18-14-2-1-3-15(13(14)10-19)21-8-6-11(7-9-21)16(22)17(23)20-12-4-5-12/h1-3,11-12,16,22H,4-9H2,(H,20,23)/t16-/m0/s1. The molecule has 1 aliphatic carbocycles. The van der Waals surface area contributed by atoms with Crippen LogP contribution in [0.5, 0.6) is 0 Å². The van der Waals surface area contributed by atoms with Crippen LogP contribution in [-0.2, 0) is 4.79 Å². The van der Waals surface area contributed by atoms with E-state index in [0.717, 1.165) is 12.8 Å². The zero-order chi connectivity index (χ0) is 16.4. The Hall–Kier alpha value is -2.13. The Kier molecular flexibility index (Phi) is 4.49. The number of carbonyl (C=O) groups is 1. The predicted octanol–water partition coefficient (Wildman–Crippen LogP) is 1.55. The maximum Gasteiger partial charge on any atom is 0.249 e. The van der Waals surface area contributed by atoms with Gasteiger partial charge >= 0.3 is 0 Å². The molecule has 3 rings (SSSR count). The Morgan fingerprint density at radius 3 is 2.65 bits per heavy atom. The van der Waals surface area contributed by atoms with Crippen LogP contribution in [0, 0.1) is 23.1 Å². The molecular formula is C17H20FN3O2. The first-order valence-electron chi connectivity index (χ1n) is 8.02. The lowest BCUT2D eigenvalue weighted by atomic mass is 9.90. The molecular weight excluding hydrogens is 297 g/mol. The molecule has 1 heterocycles. The maximum absolute atomic E-state index is 13.7. The molecule has 1 amide bonds. The van der Waals surface area contributed by atoms with Crippen LogP contribution in [-0.4, -0.2) is 36.2 Å². The van der Waals surface area contributed by atoms with Crippen molar-refractivity contribution in [2.24, 2.45) is 5.92 Å². The molecule has 23 heavy (non-hydrogen) atoms. The van der Waals surface area contributed by atoms with Gasteiger partial charge in [0, 0.05) is 19.1 Å². The number of anilines is 1. The number of halogens is 1. The zero-order valence-electron chi connectivity index (χ0n) is 12.8. The molecule has 6 heteroatoms. The van der Waals surface area contributed by atoms with E-state index >= 15 is 0 Å². The third-order valence-electron chi connectivity index (χ3n) is 4.62. The minimum atomic E-state index is -0.985. The van der Waals surface area contributed by atoms with Crippen molar-refractivity contribution >= 4 is 11.6 Å². The fourth-order valence-corrected chi connectivity index (χ4v) is 3.07. The van der Waals surface area contributed by atoms with E-state index < -0.39 is 11.9 Å². The van der Waals surface area contributed by atoms with E-state index in [0.29, 0.717) is 31.6 Å². The number of benzene rings is 1. The smallest absolute Gasteiger partial charge is 0.249 e. The number of hydrogen-bond donors (Lipinski definition) is 2. The van der Waals surface area contributed by atoms with Crippen LogP contribution < -0.4 is 10.2 Å². The summed E-state index contributed by atoms with van der Waals surface area (Å²) in [5, 5.41) is 22.1. The highest BCUT2D eigenvalue weighted by molar-refractivity contribution is 5.81. The molecule has 1 saturated carbocycles. The number of hydrogen-bond acceptors (Lipinski definition) is 4. The van der Waals surface area contributed by atoms with Crippen molar-refractivity contribution in [3.63, 3.8) is 0 Å². The second-order valence-corrected chi connectivity index (χ2v) is 6.30. The SMILES string of the molecule is N#Cc1c(F)cccc1N1CCC([C@H](O)C(=O)NC2CC2)CC1. The Morgan fingerprint density at radius 2 is 2.04 bits per heavy atom. The summed E-state index contributed by atoms with van der Waals surface area (Å²) in [7, 11) is 0. The number of rotatable bonds is 4. The Balaban J connectivity index is 1.61. The summed E-state index contributed by atoms with van der Waals surface area (Å²) >= 11 is 0. The fraction of sp³-hybridized carbons (Fsp3) is 0.529. The van der Waals surface area contributed by atoms with Gasteiger partial charge in [-0.05, 0) is 43.7 Å². The normalized spacial score (nSPS) is 20.0. The molecule has 1 aromatic rings. The number of aliphatic hydroxyl groups excluding tert-OH is 1. The lowest BCUT2D eigenvalue weighted by molar-refractivity contribution is -0.132. The number of piperidine rings is 1. The number of amides is 1. The highest BCUT2D eigenvalue weighted by atomic mass is 19.1. The first-order valence-corrected chi connectivity index (χ1v) is 8.02. The van der Waals surface area contributed by atoms with Crippen LogP contribution in [0.25, 0.3) is 0 Å². The summed E-state index contributed by atoms with van der Waals surface area (Å²) in [5.41, 5.74) is 0.640. The van der Waals surface area contributed by atoms with Gasteiger partial charge in [0.05, 0.1) is 5.69 Å². The second kappa shape index (κ2) is 6.55. The highest BCUT2D eigenvalue weighted by Gasteiger charge is 2.33. The largest absolute Gasteiger partial charge is 0.383 e. The average Bonchev–Trinajstić information content (AvgIpc) is 3.38. The molecule has 1 atom stereocenters. The lowest BCUT2D eigenvalue weighted by Crippen LogP contribution is -2.45. The molecule has 1 aromatic carbocycles. The van der Waals surface area contributed by atoms with Crippen molar-refractivity contribution in [1.29, 1.82) is 5.26 Å². The van der Waals surface area contributed by atoms with Crippen LogP contribution in [0.1, 0.15) is 31.2 Å². The molecule has 0 aromatic heterocycles. The van der Waals surface area contributed by atoms with Crippen LogP contribution in [0.4, 0.5) is 10.1 Å². The van der Waals surface area contributed by atoms with E-state index in [1.54, 1.807) is 12.1 Å². The van der Waals surface area contributed by atoms with Crippen molar-refractivity contribution in [3.05, 3.63) is 29.6 Å². The predicted molar refractivity (Wildman–Crippen MR) is 83.2 cm³/mol. The van der Waals surface area contributed by atoms with Gasteiger partial charge in [-0.25, -0.2) is 4.39 Å². The lowest BCUT2D eigenvalue weighted by Gasteiger charge is -2.35. The van der Waals surface area contributed by atoms with Gasteiger partial charge in [0.15, 0.2) is 0 Å². The van der Waals surface area contributed by atoms with Gasteiger partial charge in [-0.1, -0.05) is 6.07 Å². The summed E-state index contributed by atoms with van der Waals surface area (Å²) in [5.74, 6) is -0.894. The van der Waals surface area contributed by atoms with Gasteiger partial charge in [-0.3, -0.25) is 4.79 Å². The van der Waals surface area contributed by atoms with E-state index in [1.807, 2.05) is 11.0 Å². The first-order chi connectivity index (χ1) is 11.1. The molecule has 1 saturated heterocycles. The monoisotopic (exact) mass is 317 g/mol. The van der Waals surface area contributed by atoms with Gasteiger partial charge < -0.3 is 15.3 Å². The quantitative estimate of drug-likeness (QED) is 0.883. The number of aliphatic hydroxyl groups is 1. The molecule has 2 fully saturated rings. The summed E-state index contributed by atoms with van der Waals surface area (Å²) in [6, 6.07) is 6.76. The Morgan fingerprint density at radius 1 is 1.35 bits per heavy atom. The molecule has 122 valence electrons. The topological polar surface area (TPSA) is 76.4 Å². The third-order valence-corrected chi connectivity index (χ3v) is 4.62. The Bertz CT molecular complexity index is 631. The van der Waals surface area contributed by atoms with Gasteiger partial charge in [0.2, 0.25) is 5.91 Å². The van der Waals surface area contributed by atoms with Gasteiger partial charge in [0.25, 0.3) is 0 Å². The van der Waals surface area contributed by atoms with Crippen molar-refractivity contribution in [3.8, 4) is 6.07 Å². The molecule has 1 aliphatic heterocycles. The van der Waals surface area contributed by atoms with Gasteiger partial charge in [0.1, 0.15) is 23.6 Å². The van der Waals surface area contributed by atoms with E-state index in [-0.39, 0.29) is 23.4 Å². The Labute approximate surface area is 134 Å². The number of nitrogens with one attached hydrogen (secondary N) is 1. The van der Waals surface area contributed by atoms with Gasteiger partial charge in [-0.2, -0.15) is 5.26 Å². The van der Waals surface area contributed by atoms with E-state index in [2.05, 4.69) is 5.32 Å². The number of nitriles is 1. The van der Waals surface area contributed by atoms with Crippen molar-refractivity contribution in [2.45, 2.75) is 37.8 Å². The zero-order valence-corrected chi connectivity index (χ0v) is 12.8. The van der Waals surface area contributed by atoms with Gasteiger partial charge in [-0.15, -0.1) is 0 Å². The summed E-state index contributed by atoms with van der Waals surface area (Å²) < 4.78 is 13.7. The molecule has 0 bridgehead atoms. The molecule has 0 spiro atoms. The van der Waals surface area contributed by atoms with Crippen LogP contribution in [0.15, 0.2) is 18.2 Å². The second-order valence-electron chi connectivity index (χ2n) is 6.30. The minimum Gasteiger partial charge on any atom is -0.383 e. The van der Waals surface area contributed by atoms with E-state index in [4.69, 9.17) is 5.26 Å². The molecule has 2 aliphatic rings. The van der Waals surface area contributed by atoms with Crippen LogP contribution >= 0.6 is 0 Å². The van der Waals surface area contributed by atoms with E-state index in [9.17, 15) is 14.3 Å². The molecule has 0 radical (unpaired) electrons. The molecule has 2 N–H and O–H groups in total. The minimum absolute atomic E-state index is 0.0537. The fourth-order valence-electron chi connectivity index (χ4n) is 3.07. The van der Waals surface area contributed by atoms with Crippen molar-refractivity contribution < 1.29 is 14.3 Å². The van der Waals surface area contributed by atoms with Crippen molar-refractivity contribution in [1.82, 2.24) is 5.32 Å². The maximum atomic E-state index is 13.7. The number of nitrogens with zero attached hydrogens (tertiary/aromatic N) is 2. The van der Waals surface area contributed by atoms with Crippen molar-refractivity contribution in [2.75, 3.05) is 18.0 Å². The van der Waals surface area contributed by atoms with Crippen LogP contribution in [0.3, 0.4) is 0 Å². The summed E-state index contributed by atoms with van der Waals surface area (Å²) in [6.07, 6.45) is 2.28. The van der Waals surface area contributed by atoms with Crippen LogP contribution in [0.2, 0.25) is 0 Å². The summed E-state index contributed by atoms with van der Waals surface area (Å²) in [6.45, 7) is 1.19. The molecule has 0 unspecified atom stereocenters. The molecule has 5 nitrogen and oxygen atoms in total. The van der Waals surface area contributed by atoms with E-state index in [1.165, 1.54) is 6.07 Å². The highest BCUT2D eigenvalue weighted by Crippen LogP contribution is 2.29. The number of carbonyl (C=O) groups excluding carboxylic acids is 1. The summed E-state index contributed by atoms with van der Waals surface area (Å²) in [4.78, 5) is 13.9.